The number of hydrogen-bond donors (Lipinski definition) is 2. The maximum Gasteiger partial charge on any atom is 0.228 e. The van der Waals surface area contributed by atoms with Gasteiger partial charge in [0.05, 0.1) is 11.5 Å². The van der Waals surface area contributed by atoms with Crippen molar-refractivity contribution in [3.05, 3.63) is 65.6 Å². The first-order valence-electron chi connectivity index (χ1n) is 13.7. The van der Waals surface area contributed by atoms with Crippen molar-refractivity contribution >= 4 is 28.6 Å². The number of H-pyrrole nitrogens is 1. The fourth-order valence-corrected chi connectivity index (χ4v) is 6.46. The fraction of sp³-hybridized carbons (Fsp3) is 0.467. The van der Waals surface area contributed by atoms with E-state index in [0.717, 1.165) is 28.7 Å². The molecule has 0 bridgehead atoms. The molecule has 1 saturated heterocycles. The molecule has 0 spiro atoms. The quantitative estimate of drug-likeness (QED) is 0.480. The van der Waals surface area contributed by atoms with Crippen LogP contribution in [-0.4, -0.2) is 63.7 Å². The average Bonchev–Trinajstić information content (AvgIpc) is 3.31. The van der Waals surface area contributed by atoms with Gasteiger partial charge in [-0.15, -0.1) is 0 Å². The maximum absolute atomic E-state index is 14.0. The van der Waals surface area contributed by atoms with E-state index < -0.39 is 17.4 Å². The number of piperidine rings is 1. The van der Waals surface area contributed by atoms with Crippen LogP contribution in [-0.2, 0) is 32.8 Å². The first kappa shape index (κ1) is 25.9. The summed E-state index contributed by atoms with van der Waals surface area (Å²) in [5, 5.41) is 4.10. The average molecular weight is 516 g/mol. The van der Waals surface area contributed by atoms with Gasteiger partial charge in [0.1, 0.15) is 0 Å². The lowest BCUT2D eigenvalue weighted by Crippen LogP contribution is -2.64. The van der Waals surface area contributed by atoms with Gasteiger partial charge in [0.25, 0.3) is 0 Å². The number of amides is 3. The highest BCUT2D eigenvalue weighted by atomic mass is 16.2. The Bertz CT molecular complexity index is 1330. The second-order valence-electron chi connectivity index (χ2n) is 10.5. The summed E-state index contributed by atoms with van der Waals surface area (Å²) in [6.45, 7) is 8.20. The van der Waals surface area contributed by atoms with Gasteiger partial charge in [0.15, 0.2) is 0 Å². The third kappa shape index (κ3) is 4.46. The number of carbonyl (C=O) groups excluding carboxylic acids is 3. The molecule has 1 aromatic carbocycles. The summed E-state index contributed by atoms with van der Waals surface area (Å²) in [6.07, 6.45) is 3.51. The van der Waals surface area contributed by atoms with E-state index in [4.69, 9.17) is 0 Å². The Morgan fingerprint density at radius 1 is 1.16 bits per heavy atom. The minimum atomic E-state index is -0.796. The zero-order valence-corrected chi connectivity index (χ0v) is 22.5. The van der Waals surface area contributed by atoms with Crippen molar-refractivity contribution in [2.24, 2.45) is 11.8 Å². The highest BCUT2D eigenvalue weighted by molar-refractivity contribution is 5.92. The second kappa shape index (κ2) is 10.6. The maximum atomic E-state index is 14.0. The van der Waals surface area contributed by atoms with Gasteiger partial charge in [-0.25, -0.2) is 0 Å². The molecule has 0 radical (unpaired) electrons. The monoisotopic (exact) mass is 515 g/mol. The van der Waals surface area contributed by atoms with E-state index >= 15 is 0 Å². The Morgan fingerprint density at radius 2 is 1.92 bits per heavy atom. The van der Waals surface area contributed by atoms with Crippen molar-refractivity contribution < 1.29 is 14.4 Å². The Labute approximate surface area is 223 Å². The second-order valence-corrected chi connectivity index (χ2v) is 10.5. The van der Waals surface area contributed by atoms with Gasteiger partial charge in [-0.3, -0.25) is 19.4 Å². The van der Waals surface area contributed by atoms with Crippen LogP contribution in [0.15, 0.2) is 48.7 Å². The molecule has 3 amide bonds. The molecule has 2 aliphatic heterocycles. The zero-order valence-electron chi connectivity index (χ0n) is 22.5. The summed E-state index contributed by atoms with van der Waals surface area (Å²) >= 11 is 0. The van der Waals surface area contributed by atoms with Crippen LogP contribution in [0.4, 0.5) is 0 Å². The number of nitrogens with one attached hydrogen (secondary N) is 2. The number of para-hydroxylation sites is 1. The molecule has 200 valence electrons. The van der Waals surface area contributed by atoms with Gasteiger partial charge in [-0.1, -0.05) is 24.3 Å². The highest BCUT2D eigenvalue weighted by Gasteiger charge is 2.57. The summed E-state index contributed by atoms with van der Waals surface area (Å²) in [4.78, 5) is 52.4. The fourth-order valence-electron chi connectivity index (χ4n) is 6.46. The molecule has 1 unspecified atom stereocenters. The predicted octanol–water partition coefficient (Wildman–Crippen LogP) is 3.42. The Kier molecular flexibility index (Phi) is 7.23. The third-order valence-electron chi connectivity index (χ3n) is 8.51. The zero-order chi connectivity index (χ0) is 26.9. The molecule has 38 heavy (non-hydrogen) atoms. The van der Waals surface area contributed by atoms with Crippen LogP contribution in [0.5, 0.6) is 0 Å². The molecule has 0 saturated carbocycles. The molecule has 5 rings (SSSR count). The van der Waals surface area contributed by atoms with Crippen LogP contribution in [0.1, 0.15) is 50.6 Å². The van der Waals surface area contributed by atoms with E-state index in [1.807, 2.05) is 67.0 Å². The summed E-state index contributed by atoms with van der Waals surface area (Å²) in [7, 11) is 0. The number of benzene rings is 1. The van der Waals surface area contributed by atoms with Crippen LogP contribution >= 0.6 is 0 Å². The molecular weight excluding hydrogens is 478 g/mol. The first-order chi connectivity index (χ1) is 18.4. The Hall–Kier alpha value is -3.68. The van der Waals surface area contributed by atoms with E-state index in [-0.39, 0.29) is 24.1 Å². The van der Waals surface area contributed by atoms with Crippen molar-refractivity contribution in [1.82, 2.24) is 25.1 Å². The normalized spacial score (nSPS) is 22.6. The van der Waals surface area contributed by atoms with E-state index in [1.165, 1.54) is 5.56 Å². The van der Waals surface area contributed by atoms with Crippen LogP contribution in [0.2, 0.25) is 0 Å². The minimum Gasteiger partial charge on any atom is -0.356 e. The molecule has 1 fully saturated rings. The molecule has 3 aromatic rings. The molecule has 3 atom stereocenters. The Morgan fingerprint density at radius 3 is 2.66 bits per heavy atom. The molecule has 4 heterocycles. The van der Waals surface area contributed by atoms with Gasteiger partial charge in [-0.05, 0) is 57.4 Å². The number of aromatic nitrogens is 2. The molecule has 8 nitrogen and oxygen atoms in total. The topological polar surface area (TPSA) is 98.4 Å². The van der Waals surface area contributed by atoms with Crippen molar-refractivity contribution in [2.45, 2.75) is 52.0 Å². The van der Waals surface area contributed by atoms with Crippen molar-refractivity contribution in [3.63, 3.8) is 0 Å². The summed E-state index contributed by atoms with van der Waals surface area (Å²) in [5.41, 5.74) is 3.29. The standard InChI is InChI=1S/C30H37N5O3/c1-4-34(5-2)29(38)24-18-20(19-26(36)32-16-13-21-10-8-9-15-31-21)28(37)35-17-14-23-22-11-6-7-12-25(22)33-27(23)30(24,35)3/h6-12,15,20,24,33H,4-5,13-14,16-19H2,1-3H3,(H,32,36)/t20?,24-,30+/m1/s1. The van der Waals surface area contributed by atoms with Crippen LogP contribution in [0.3, 0.4) is 0 Å². The lowest BCUT2D eigenvalue weighted by atomic mass is 9.67. The molecule has 2 aliphatic rings. The number of pyridine rings is 1. The van der Waals surface area contributed by atoms with Crippen LogP contribution < -0.4 is 5.32 Å². The highest BCUT2D eigenvalue weighted by Crippen LogP contribution is 2.50. The van der Waals surface area contributed by atoms with Crippen LogP contribution in [0, 0.1) is 11.8 Å². The Balaban J connectivity index is 1.42. The van der Waals surface area contributed by atoms with Crippen molar-refractivity contribution in [2.75, 3.05) is 26.2 Å². The van der Waals surface area contributed by atoms with E-state index in [9.17, 15) is 14.4 Å². The smallest absolute Gasteiger partial charge is 0.228 e. The number of aromatic amines is 1. The van der Waals surface area contributed by atoms with Gasteiger partial charge in [0.2, 0.25) is 17.7 Å². The number of rotatable bonds is 8. The summed E-state index contributed by atoms with van der Waals surface area (Å²) in [6, 6.07) is 13.9. The first-order valence-corrected chi connectivity index (χ1v) is 13.7. The van der Waals surface area contributed by atoms with E-state index in [0.29, 0.717) is 39.0 Å². The SMILES string of the molecule is CCN(CC)C(=O)[C@H]1CC(CC(=O)NCCc2ccccn2)C(=O)N2CCc3c([nH]c4ccccc34)[C@]12C. The van der Waals surface area contributed by atoms with Crippen molar-refractivity contribution in [3.8, 4) is 0 Å². The number of nitrogens with zero attached hydrogens (tertiary/aromatic N) is 3. The molecule has 2 aromatic heterocycles. The molecular formula is C30H37N5O3. The van der Waals surface area contributed by atoms with Gasteiger partial charge < -0.3 is 20.1 Å². The van der Waals surface area contributed by atoms with Crippen molar-refractivity contribution in [1.29, 1.82) is 0 Å². The lowest BCUT2D eigenvalue weighted by molar-refractivity contribution is -0.164. The van der Waals surface area contributed by atoms with E-state index in [2.05, 4.69) is 21.4 Å². The van der Waals surface area contributed by atoms with Gasteiger partial charge in [-0.2, -0.15) is 0 Å². The van der Waals surface area contributed by atoms with Gasteiger partial charge in [0, 0.05) is 73.4 Å². The number of fused-ring (bicyclic) bond motifs is 5. The van der Waals surface area contributed by atoms with E-state index in [1.54, 1.807) is 6.20 Å². The minimum absolute atomic E-state index is 0.0414. The molecule has 8 heteroatoms. The summed E-state index contributed by atoms with van der Waals surface area (Å²) < 4.78 is 0. The summed E-state index contributed by atoms with van der Waals surface area (Å²) in [5.74, 6) is -1.14. The number of hydrogen-bond acceptors (Lipinski definition) is 4. The number of carbonyl (C=O) groups is 3. The largest absolute Gasteiger partial charge is 0.356 e. The molecule has 0 aliphatic carbocycles. The van der Waals surface area contributed by atoms with Crippen LogP contribution in [0.25, 0.3) is 10.9 Å². The third-order valence-corrected chi connectivity index (χ3v) is 8.51. The molecule has 2 N–H and O–H groups in total. The lowest BCUT2D eigenvalue weighted by Gasteiger charge is -2.54. The van der Waals surface area contributed by atoms with Gasteiger partial charge >= 0.3 is 0 Å². The predicted molar refractivity (Wildman–Crippen MR) is 146 cm³/mol.